The van der Waals surface area contributed by atoms with Crippen LogP contribution in [-0.2, 0) is 14.8 Å². The molecule has 0 aliphatic carbocycles. The van der Waals surface area contributed by atoms with Crippen LogP contribution in [0, 0.1) is 5.92 Å². The van der Waals surface area contributed by atoms with Crippen LogP contribution in [0.2, 0.25) is 0 Å². The van der Waals surface area contributed by atoms with Gasteiger partial charge in [0.1, 0.15) is 0 Å². The molecule has 1 heterocycles. The fourth-order valence-electron chi connectivity index (χ4n) is 2.82. The van der Waals surface area contributed by atoms with E-state index in [4.69, 9.17) is 5.73 Å². The molecule has 1 fully saturated rings. The van der Waals surface area contributed by atoms with Crippen LogP contribution in [0.5, 0.6) is 0 Å². The van der Waals surface area contributed by atoms with Crippen molar-refractivity contribution in [3.05, 3.63) is 30.3 Å². The van der Waals surface area contributed by atoms with Crippen LogP contribution < -0.4 is 10.5 Å². The fraction of sp³-hybridized carbons (Fsp3) is 0.588. The van der Waals surface area contributed by atoms with Crippen molar-refractivity contribution in [2.24, 2.45) is 5.92 Å². The molecular weight excluding hydrogens is 358 g/mol. The van der Waals surface area contributed by atoms with Gasteiger partial charge >= 0.3 is 0 Å². The smallest absolute Gasteiger partial charge is 0.236 e. The van der Waals surface area contributed by atoms with E-state index < -0.39 is 10.0 Å². The van der Waals surface area contributed by atoms with Crippen LogP contribution in [-0.4, -0.2) is 56.9 Å². The minimum Gasteiger partial charge on any atom is -0.303 e. The molecule has 1 aliphatic heterocycles. The number of carbonyl (C=O) groups excluding carboxylic acids is 1. The lowest BCUT2D eigenvalue weighted by Gasteiger charge is -2.31. The maximum Gasteiger partial charge on any atom is 0.236 e. The predicted molar refractivity (Wildman–Crippen MR) is 101 cm³/mol. The number of nitrogens with zero attached hydrogens (tertiary/aromatic N) is 1. The predicted octanol–water partition coefficient (Wildman–Crippen LogP) is 1.61. The molecule has 6 nitrogen and oxygen atoms in total. The Kier molecular flexibility index (Phi) is 7.74. The monoisotopic (exact) mass is 384 g/mol. The molecule has 1 atom stereocenters. The summed E-state index contributed by atoms with van der Waals surface area (Å²) in [6.45, 7) is 2.41. The minimum atomic E-state index is -3.48. The third-order valence-corrected chi connectivity index (χ3v) is 5.98. The van der Waals surface area contributed by atoms with Gasteiger partial charge in [0.25, 0.3) is 0 Å². The van der Waals surface area contributed by atoms with E-state index in [-0.39, 0.29) is 17.9 Å². The van der Waals surface area contributed by atoms with Crippen molar-refractivity contribution in [2.75, 3.05) is 31.6 Å². The third kappa shape index (κ3) is 7.77. The topological polar surface area (TPSA) is 90.3 Å². The lowest BCUT2D eigenvalue weighted by molar-refractivity contribution is -0.124. The SMILES string of the molecule is CS(=O)(=O)NC(=O)C1CCN(CC[C@@H]([NH])CSc2ccccc2)CC1. The van der Waals surface area contributed by atoms with E-state index >= 15 is 0 Å². The lowest BCUT2D eigenvalue weighted by atomic mass is 9.96. The Bertz CT molecular complexity index is 644. The first kappa shape index (κ1) is 20.2. The Morgan fingerprint density at radius 2 is 1.96 bits per heavy atom. The quantitative estimate of drug-likeness (QED) is 0.688. The molecule has 2 N–H and O–H groups in total. The van der Waals surface area contributed by atoms with Crippen molar-refractivity contribution >= 4 is 27.7 Å². The Balaban J connectivity index is 1.64. The van der Waals surface area contributed by atoms with Gasteiger partial charge in [-0.15, -0.1) is 11.8 Å². The summed E-state index contributed by atoms with van der Waals surface area (Å²) < 4.78 is 24.3. The van der Waals surface area contributed by atoms with Crippen molar-refractivity contribution in [3.8, 4) is 0 Å². The third-order valence-electron chi connectivity index (χ3n) is 4.23. The first-order valence-corrected chi connectivity index (χ1v) is 11.3. The highest BCUT2D eigenvalue weighted by molar-refractivity contribution is 7.99. The molecule has 0 saturated carbocycles. The Morgan fingerprint density at radius 3 is 2.56 bits per heavy atom. The zero-order valence-corrected chi connectivity index (χ0v) is 16.1. The van der Waals surface area contributed by atoms with Crippen LogP contribution in [0.3, 0.4) is 0 Å². The van der Waals surface area contributed by atoms with Crippen molar-refractivity contribution in [1.29, 1.82) is 0 Å². The molecule has 0 unspecified atom stereocenters. The molecule has 0 spiro atoms. The summed E-state index contributed by atoms with van der Waals surface area (Å²) >= 11 is 1.71. The number of rotatable bonds is 8. The van der Waals surface area contributed by atoms with Crippen LogP contribution in [0.15, 0.2) is 35.2 Å². The van der Waals surface area contributed by atoms with Crippen LogP contribution in [0.1, 0.15) is 19.3 Å². The van der Waals surface area contributed by atoms with Crippen molar-refractivity contribution in [2.45, 2.75) is 30.2 Å². The first-order valence-electron chi connectivity index (χ1n) is 8.46. The van der Waals surface area contributed by atoms with Gasteiger partial charge in [0.2, 0.25) is 15.9 Å². The number of hydrogen-bond donors (Lipinski definition) is 1. The highest BCUT2D eigenvalue weighted by Gasteiger charge is 2.26. The molecule has 1 aromatic carbocycles. The van der Waals surface area contributed by atoms with E-state index in [1.807, 2.05) is 18.2 Å². The maximum absolute atomic E-state index is 11.9. The van der Waals surface area contributed by atoms with Crippen molar-refractivity contribution < 1.29 is 13.2 Å². The summed E-state index contributed by atoms with van der Waals surface area (Å²) in [5, 5.41) is 0. The molecule has 139 valence electrons. The molecule has 0 bridgehead atoms. The zero-order valence-electron chi connectivity index (χ0n) is 14.5. The van der Waals surface area contributed by atoms with Crippen LogP contribution in [0.25, 0.3) is 0 Å². The van der Waals surface area contributed by atoms with Gasteiger partial charge in [0, 0.05) is 22.6 Å². The Morgan fingerprint density at radius 1 is 1.32 bits per heavy atom. The second-order valence-corrected chi connectivity index (χ2v) is 9.31. The van der Waals surface area contributed by atoms with Crippen molar-refractivity contribution in [3.63, 3.8) is 0 Å². The number of sulfonamides is 1. The van der Waals surface area contributed by atoms with Gasteiger partial charge in [-0.05, 0) is 51.0 Å². The average molecular weight is 385 g/mol. The maximum atomic E-state index is 11.9. The number of thioether (sulfide) groups is 1. The molecule has 1 saturated heterocycles. The Hall–Kier alpha value is -1.09. The van der Waals surface area contributed by atoms with E-state index in [1.165, 1.54) is 4.90 Å². The molecule has 1 aromatic rings. The van der Waals surface area contributed by atoms with Gasteiger partial charge in [-0.2, -0.15) is 0 Å². The summed E-state index contributed by atoms with van der Waals surface area (Å²) in [6.07, 6.45) is 3.15. The summed E-state index contributed by atoms with van der Waals surface area (Å²) in [7, 11) is -3.48. The van der Waals surface area contributed by atoms with E-state index in [0.717, 1.165) is 38.1 Å². The standard InChI is InChI=1S/C17H26N3O3S2/c1-25(22,23)19-17(21)14-7-10-20(11-8-14)12-9-15(18)13-24-16-5-3-2-4-6-16/h2-6,14-15,18H,7-13H2,1H3,(H,19,21)/t15-/m1/s1. The van der Waals surface area contributed by atoms with Gasteiger partial charge in [-0.25, -0.2) is 8.42 Å². The van der Waals surface area contributed by atoms with Gasteiger partial charge < -0.3 is 4.90 Å². The molecule has 2 rings (SSSR count). The minimum absolute atomic E-state index is 0.114. The number of benzene rings is 1. The highest BCUT2D eigenvalue weighted by atomic mass is 32.2. The highest BCUT2D eigenvalue weighted by Crippen LogP contribution is 2.20. The fourth-order valence-corrected chi connectivity index (χ4v) is 4.26. The summed E-state index contributed by atoms with van der Waals surface area (Å²) in [4.78, 5) is 15.3. The lowest BCUT2D eigenvalue weighted by Crippen LogP contribution is -2.42. The van der Waals surface area contributed by atoms with Gasteiger partial charge in [0.05, 0.1) is 6.26 Å². The molecular formula is C17H26N3O3S2. The molecule has 25 heavy (non-hydrogen) atoms. The van der Waals surface area contributed by atoms with Gasteiger partial charge in [0.15, 0.2) is 0 Å². The summed E-state index contributed by atoms with van der Waals surface area (Å²) in [5.74, 6) is 0.156. The number of amides is 1. The second kappa shape index (κ2) is 9.56. The van der Waals surface area contributed by atoms with Gasteiger partial charge in [-0.3, -0.25) is 15.3 Å². The molecule has 1 amide bonds. The number of hydrogen-bond acceptors (Lipinski definition) is 5. The van der Waals surface area contributed by atoms with E-state index in [9.17, 15) is 13.2 Å². The normalized spacial score (nSPS) is 18.0. The largest absolute Gasteiger partial charge is 0.303 e. The molecule has 8 heteroatoms. The summed E-state index contributed by atoms with van der Waals surface area (Å²) in [5.41, 5.74) is 8.17. The first-order chi connectivity index (χ1) is 11.8. The summed E-state index contributed by atoms with van der Waals surface area (Å²) in [6, 6.07) is 10.0. The molecule has 0 aromatic heterocycles. The molecule has 1 aliphatic rings. The molecule has 1 radical (unpaired) electrons. The number of likely N-dealkylation sites (tertiary alicyclic amines) is 1. The number of nitrogens with one attached hydrogen (secondary N) is 2. The van der Waals surface area contributed by atoms with E-state index in [1.54, 1.807) is 11.8 Å². The Labute approximate surface area is 154 Å². The van der Waals surface area contributed by atoms with Crippen LogP contribution >= 0.6 is 11.8 Å². The number of carbonyl (C=O) groups is 1. The average Bonchev–Trinajstić information content (AvgIpc) is 2.58. The van der Waals surface area contributed by atoms with E-state index in [0.29, 0.717) is 12.8 Å². The van der Waals surface area contributed by atoms with Crippen LogP contribution in [0.4, 0.5) is 0 Å². The van der Waals surface area contributed by atoms with Crippen molar-refractivity contribution in [1.82, 2.24) is 15.4 Å². The number of piperidine rings is 1. The second-order valence-electron chi connectivity index (χ2n) is 6.46. The van der Waals surface area contributed by atoms with E-state index in [2.05, 4.69) is 21.8 Å². The van der Waals surface area contributed by atoms with Gasteiger partial charge in [-0.1, -0.05) is 18.2 Å². The zero-order chi connectivity index (χ0) is 18.3.